The van der Waals surface area contributed by atoms with Crippen LogP contribution in [0.15, 0.2) is 12.3 Å². The van der Waals surface area contributed by atoms with Crippen molar-refractivity contribution >= 4 is 17.9 Å². The van der Waals surface area contributed by atoms with Crippen LogP contribution < -0.4 is 15.4 Å². The molecular weight excluding hydrogens is 378 g/mol. The number of carbonyl (C=O) groups excluding carboxylic acids is 2. The van der Waals surface area contributed by atoms with Crippen LogP contribution in [0.3, 0.4) is 0 Å². The number of amides is 2. The van der Waals surface area contributed by atoms with Gasteiger partial charge in [-0.15, -0.1) is 0 Å². The third-order valence-corrected chi connectivity index (χ3v) is 3.16. The lowest BCUT2D eigenvalue weighted by Crippen LogP contribution is -2.39. The zero-order chi connectivity index (χ0) is 22.2. The Kier molecular flexibility index (Phi) is 8.69. The highest BCUT2D eigenvalue weighted by Crippen LogP contribution is 2.25. The average molecular weight is 411 g/mol. The molecule has 0 saturated carbocycles. The molecule has 0 aliphatic heterocycles. The first-order chi connectivity index (χ1) is 13.3. The summed E-state index contributed by atoms with van der Waals surface area (Å²) in [5, 5.41) is 5.35. The van der Waals surface area contributed by atoms with Gasteiger partial charge < -0.3 is 24.3 Å². The Balaban J connectivity index is 2.60. The summed E-state index contributed by atoms with van der Waals surface area (Å²) >= 11 is 0. The molecule has 164 valence electrons. The first-order valence-corrected chi connectivity index (χ1v) is 9.39. The minimum absolute atomic E-state index is 0.188. The van der Waals surface area contributed by atoms with Crippen molar-refractivity contribution in [1.29, 1.82) is 0 Å². The van der Waals surface area contributed by atoms with E-state index in [9.17, 15) is 9.59 Å². The van der Waals surface area contributed by atoms with Gasteiger partial charge in [-0.3, -0.25) is 10.3 Å². The monoisotopic (exact) mass is 411 g/mol. The number of ether oxygens (including phenoxy) is 4. The van der Waals surface area contributed by atoms with Crippen LogP contribution in [0.4, 0.5) is 15.3 Å². The van der Waals surface area contributed by atoms with Crippen LogP contribution in [0.2, 0.25) is 0 Å². The molecule has 2 amide bonds. The summed E-state index contributed by atoms with van der Waals surface area (Å²) in [5.41, 5.74) is -0.167. The van der Waals surface area contributed by atoms with Gasteiger partial charge in [-0.25, -0.2) is 9.59 Å². The number of pyridine rings is 1. The van der Waals surface area contributed by atoms with Gasteiger partial charge >= 0.3 is 12.2 Å². The average Bonchev–Trinajstić information content (AvgIpc) is 2.51. The van der Waals surface area contributed by atoms with E-state index in [0.29, 0.717) is 17.1 Å². The molecule has 2 N–H and O–H groups in total. The molecule has 0 aromatic carbocycles. The second kappa shape index (κ2) is 10.3. The van der Waals surface area contributed by atoms with Gasteiger partial charge in [0.2, 0.25) is 0 Å². The first kappa shape index (κ1) is 24.5. The molecule has 1 atom stereocenters. The quantitative estimate of drug-likeness (QED) is 0.701. The van der Waals surface area contributed by atoms with E-state index in [-0.39, 0.29) is 19.3 Å². The Morgan fingerprint density at radius 1 is 1.07 bits per heavy atom. The fraction of sp³-hybridized carbons (Fsp3) is 0.650. The summed E-state index contributed by atoms with van der Waals surface area (Å²) in [6, 6.07) is 1.40. The largest absolute Gasteiger partial charge is 0.493 e. The van der Waals surface area contributed by atoms with Crippen LogP contribution in [-0.4, -0.2) is 48.1 Å². The van der Waals surface area contributed by atoms with E-state index in [1.807, 2.05) is 0 Å². The third-order valence-electron chi connectivity index (χ3n) is 3.16. The van der Waals surface area contributed by atoms with Crippen molar-refractivity contribution in [2.45, 2.75) is 72.3 Å². The fourth-order valence-electron chi connectivity index (χ4n) is 2.13. The lowest BCUT2D eigenvalue weighted by Gasteiger charge is -2.22. The SMILES string of the molecule is COc1cnc(COC[C@@H](C)NC(=O)OC(C)(C)C)cc1NC(=O)OC(C)(C)C. The number of nitrogens with zero attached hydrogens (tertiary/aromatic N) is 1. The van der Waals surface area contributed by atoms with E-state index in [2.05, 4.69) is 15.6 Å². The maximum Gasteiger partial charge on any atom is 0.412 e. The van der Waals surface area contributed by atoms with Crippen LogP contribution in [0, 0.1) is 0 Å². The molecule has 0 aliphatic carbocycles. The lowest BCUT2D eigenvalue weighted by atomic mass is 10.2. The molecule has 0 spiro atoms. The third kappa shape index (κ3) is 10.5. The topological polar surface area (TPSA) is 108 Å². The highest BCUT2D eigenvalue weighted by Gasteiger charge is 2.19. The minimum atomic E-state index is -0.617. The number of methoxy groups -OCH3 is 1. The van der Waals surface area contributed by atoms with E-state index in [1.165, 1.54) is 13.3 Å². The molecule has 0 radical (unpaired) electrons. The normalized spacial score (nSPS) is 12.7. The van der Waals surface area contributed by atoms with Gasteiger partial charge in [0.15, 0.2) is 5.75 Å². The van der Waals surface area contributed by atoms with Crippen molar-refractivity contribution in [2.75, 3.05) is 19.0 Å². The molecule has 0 aliphatic rings. The molecule has 9 heteroatoms. The molecule has 1 rings (SSSR count). The zero-order valence-corrected chi connectivity index (χ0v) is 18.5. The van der Waals surface area contributed by atoms with E-state index in [4.69, 9.17) is 18.9 Å². The maximum atomic E-state index is 12.0. The zero-order valence-electron chi connectivity index (χ0n) is 18.5. The summed E-state index contributed by atoms with van der Waals surface area (Å²) in [6.07, 6.45) is 0.400. The van der Waals surface area contributed by atoms with Gasteiger partial charge in [-0.2, -0.15) is 0 Å². The molecule has 0 fully saturated rings. The molecule has 0 bridgehead atoms. The van der Waals surface area contributed by atoms with Crippen molar-refractivity contribution < 1.29 is 28.5 Å². The lowest BCUT2D eigenvalue weighted by molar-refractivity contribution is 0.0440. The molecule has 1 heterocycles. The highest BCUT2D eigenvalue weighted by atomic mass is 16.6. The second-order valence-corrected chi connectivity index (χ2v) is 8.57. The summed E-state index contributed by atoms with van der Waals surface area (Å²) in [4.78, 5) is 28.0. The predicted molar refractivity (Wildman–Crippen MR) is 109 cm³/mol. The maximum absolute atomic E-state index is 12.0. The summed E-state index contributed by atoms with van der Waals surface area (Å²) in [6.45, 7) is 13.0. The van der Waals surface area contributed by atoms with E-state index in [0.717, 1.165) is 0 Å². The molecule has 0 unspecified atom stereocenters. The summed E-state index contributed by atoms with van der Waals surface area (Å²) in [7, 11) is 1.48. The highest BCUT2D eigenvalue weighted by molar-refractivity contribution is 5.86. The van der Waals surface area contributed by atoms with Crippen molar-refractivity contribution in [3.05, 3.63) is 18.0 Å². The van der Waals surface area contributed by atoms with Gasteiger partial charge in [-0.1, -0.05) is 0 Å². The first-order valence-electron chi connectivity index (χ1n) is 9.39. The van der Waals surface area contributed by atoms with Crippen LogP contribution >= 0.6 is 0 Å². The number of nitrogens with one attached hydrogen (secondary N) is 2. The minimum Gasteiger partial charge on any atom is -0.493 e. The second-order valence-electron chi connectivity index (χ2n) is 8.57. The van der Waals surface area contributed by atoms with Gasteiger partial charge in [0.05, 0.1) is 43.9 Å². The van der Waals surface area contributed by atoms with E-state index in [1.54, 1.807) is 54.5 Å². The number of alkyl carbamates (subject to hydrolysis) is 1. The number of hydrogen-bond acceptors (Lipinski definition) is 7. The van der Waals surface area contributed by atoms with Crippen molar-refractivity contribution in [3.8, 4) is 5.75 Å². The molecule has 29 heavy (non-hydrogen) atoms. The molecule has 9 nitrogen and oxygen atoms in total. The van der Waals surface area contributed by atoms with Crippen molar-refractivity contribution in [3.63, 3.8) is 0 Å². The summed E-state index contributed by atoms with van der Waals surface area (Å²) < 4.78 is 21.3. The number of carbonyl (C=O) groups is 2. The number of aromatic nitrogens is 1. The Labute approximate surface area is 172 Å². The number of hydrogen-bond donors (Lipinski definition) is 2. The van der Waals surface area contributed by atoms with Crippen LogP contribution in [0.5, 0.6) is 5.75 Å². The Morgan fingerprint density at radius 3 is 2.21 bits per heavy atom. The Hall–Kier alpha value is -2.55. The van der Waals surface area contributed by atoms with E-state index >= 15 is 0 Å². The van der Waals surface area contributed by atoms with Gasteiger partial charge in [0.1, 0.15) is 11.2 Å². The van der Waals surface area contributed by atoms with Crippen LogP contribution in [0.25, 0.3) is 0 Å². The predicted octanol–water partition coefficient (Wildman–Crippen LogP) is 3.87. The number of anilines is 1. The van der Waals surface area contributed by atoms with Crippen LogP contribution in [0.1, 0.15) is 54.2 Å². The van der Waals surface area contributed by atoms with E-state index < -0.39 is 23.4 Å². The van der Waals surface area contributed by atoms with Crippen LogP contribution in [-0.2, 0) is 20.8 Å². The van der Waals surface area contributed by atoms with Gasteiger partial charge in [0, 0.05) is 0 Å². The van der Waals surface area contributed by atoms with Gasteiger partial charge in [-0.05, 0) is 54.5 Å². The Bertz CT molecular complexity index is 694. The molecule has 1 aromatic heterocycles. The Morgan fingerprint density at radius 2 is 1.66 bits per heavy atom. The van der Waals surface area contributed by atoms with Crippen molar-refractivity contribution in [2.24, 2.45) is 0 Å². The fourth-order valence-corrected chi connectivity index (χ4v) is 2.13. The summed E-state index contributed by atoms with van der Waals surface area (Å²) in [5.74, 6) is 0.402. The molecular formula is C20H33N3O6. The number of rotatable bonds is 7. The van der Waals surface area contributed by atoms with Crippen molar-refractivity contribution in [1.82, 2.24) is 10.3 Å². The molecule has 1 aromatic rings. The molecule has 0 saturated heterocycles. The standard InChI is InChI=1S/C20H33N3O6/c1-13(22-17(24)28-19(2,3)4)11-27-12-14-9-15(16(26-8)10-21-14)23-18(25)29-20(5,6)7/h9-10,13H,11-12H2,1-8H3,(H,22,24)(H,21,23,25)/t13-/m1/s1. The van der Waals surface area contributed by atoms with Gasteiger partial charge in [0.25, 0.3) is 0 Å². The smallest absolute Gasteiger partial charge is 0.412 e.